The quantitative estimate of drug-likeness (QED) is 0.572. The summed E-state index contributed by atoms with van der Waals surface area (Å²) in [4.78, 5) is 15.5. The number of carbonyl (C=O) groups excluding carboxylic acids is 1. The third-order valence-electron chi connectivity index (χ3n) is 3.09. The summed E-state index contributed by atoms with van der Waals surface area (Å²) in [6.07, 6.45) is -4.77. The fourth-order valence-electron chi connectivity index (χ4n) is 2.04. The van der Waals surface area contributed by atoms with Gasteiger partial charge in [-0.05, 0) is 24.3 Å². The van der Waals surface area contributed by atoms with Gasteiger partial charge in [-0.2, -0.15) is 13.2 Å². The van der Waals surface area contributed by atoms with Gasteiger partial charge in [-0.25, -0.2) is 4.85 Å². The molecule has 2 aromatic rings. The van der Waals surface area contributed by atoms with Crippen molar-refractivity contribution >= 4 is 23.1 Å². The van der Waals surface area contributed by atoms with Crippen molar-refractivity contribution in [2.45, 2.75) is 6.18 Å². The van der Waals surface area contributed by atoms with E-state index in [1.807, 2.05) is 0 Å². The summed E-state index contributed by atoms with van der Waals surface area (Å²) >= 11 is 5.81. The minimum atomic E-state index is -4.77. The zero-order chi connectivity index (χ0) is 17.2. The first-order valence-corrected chi connectivity index (χ1v) is 6.62. The third-order valence-corrected chi connectivity index (χ3v) is 3.32. The van der Waals surface area contributed by atoms with Crippen LogP contribution in [-0.4, -0.2) is 12.9 Å². The molecule has 0 spiro atoms. The number of carbonyl (C=O) groups is 1. The third kappa shape index (κ3) is 3.46. The fourth-order valence-corrected chi connectivity index (χ4v) is 2.21. The van der Waals surface area contributed by atoms with Gasteiger partial charge in [-0.3, -0.25) is 4.79 Å². The first kappa shape index (κ1) is 16.8. The summed E-state index contributed by atoms with van der Waals surface area (Å²) in [6, 6.07) is 6.90. The molecule has 3 nitrogen and oxygen atoms in total. The van der Waals surface area contributed by atoms with Gasteiger partial charge in [0.25, 0.3) is 0 Å². The molecule has 0 aliphatic carbocycles. The number of halogens is 4. The summed E-state index contributed by atoms with van der Waals surface area (Å²) in [5.74, 6) is -0.769. The zero-order valence-corrected chi connectivity index (χ0v) is 12.5. The lowest BCUT2D eigenvalue weighted by atomic mass is 9.97. The second kappa shape index (κ2) is 6.31. The van der Waals surface area contributed by atoms with Crippen molar-refractivity contribution in [2.75, 3.05) is 7.11 Å². The summed E-state index contributed by atoms with van der Waals surface area (Å²) in [7, 11) is 1.30. The van der Waals surface area contributed by atoms with Crippen LogP contribution in [0.25, 0.3) is 4.85 Å². The van der Waals surface area contributed by atoms with Crippen LogP contribution in [0, 0.1) is 6.57 Å². The van der Waals surface area contributed by atoms with E-state index in [9.17, 15) is 18.0 Å². The maximum atomic E-state index is 13.2. The van der Waals surface area contributed by atoms with Crippen LogP contribution in [0.3, 0.4) is 0 Å². The number of rotatable bonds is 3. The highest BCUT2D eigenvalue weighted by Crippen LogP contribution is 2.36. The molecule has 0 N–H and O–H groups in total. The molecule has 0 amide bonds. The average molecular weight is 340 g/mol. The first-order chi connectivity index (χ1) is 10.8. The van der Waals surface area contributed by atoms with Crippen LogP contribution >= 0.6 is 11.6 Å². The minimum Gasteiger partial charge on any atom is -0.496 e. The Labute approximate surface area is 135 Å². The molecule has 7 heteroatoms. The Kier molecular flexibility index (Phi) is 4.62. The van der Waals surface area contributed by atoms with Crippen molar-refractivity contribution in [3.8, 4) is 5.75 Å². The van der Waals surface area contributed by atoms with Gasteiger partial charge in [0.05, 0.1) is 24.8 Å². The Morgan fingerprint density at radius 3 is 2.43 bits per heavy atom. The number of alkyl halides is 3. The fraction of sp³-hybridized carbons (Fsp3) is 0.125. The van der Waals surface area contributed by atoms with Crippen molar-refractivity contribution in [1.29, 1.82) is 0 Å². The molecule has 0 radical (unpaired) electrons. The molecule has 0 atom stereocenters. The van der Waals surface area contributed by atoms with E-state index in [2.05, 4.69) is 4.85 Å². The predicted molar refractivity (Wildman–Crippen MR) is 79.1 cm³/mol. The first-order valence-electron chi connectivity index (χ1n) is 6.25. The normalized spacial score (nSPS) is 11.0. The minimum absolute atomic E-state index is 0.0823. The van der Waals surface area contributed by atoms with E-state index in [0.29, 0.717) is 6.07 Å². The molecule has 0 heterocycles. The monoisotopic (exact) mass is 339 g/mol. The standard InChI is InChI=1S/C16H9ClF3NO2/c1-21-10-4-5-11(13(8-10)16(18,19)20)15(22)12-7-9(17)3-6-14(12)23-2/h3-8H,2H3. The SMILES string of the molecule is [C-]#[N+]c1ccc(C(=O)c2cc(Cl)ccc2OC)c(C(F)(F)F)c1. The van der Waals surface area contributed by atoms with Crippen LogP contribution in [0.1, 0.15) is 21.5 Å². The van der Waals surface area contributed by atoms with Gasteiger partial charge >= 0.3 is 6.18 Å². The summed E-state index contributed by atoms with van der Waals surface area (Å²) in [5.41, 5.74) is -2.02. The van der Waals surface area contributed by atoms with Crippen molar-refractivity contribution < 1.29 is 22.7 Å². The number of nitrogens with zero attached hydrogens (tertiary/aromatic N) is 1. The molecule has 2 rings (SSSR count). The highest BCUT2D eigenvalue weighted by Gasteiger charge is 2.36. The Morgan fingerprint density at radius 1 is 1.17 bits per heavy atom. The van der Waals surface area contributed by atoms with E-state index in [1.54, 1.807) is 0 Å². The van der Waals surface area contributed by atoms with E-state index in [0.717, 1.165) is 12.1 Å². The molecule has 0 aromatic heterocycles. The Morgan fingerprint density at radius 2 is 1.87 bits per heavy atom. The van der Waals surface area contributed by atoms with Gasteiger partial charge in [0, 0.05) is 10.6 Å². The van der Waals surface area contributed by atoms with E-state index in [-0.39, 0.29) is 22.0 Å². The molecule has 0 bridgehead atoms. The van der Waals surface area contributed by atoms with Crippen LogP contribution in [-0.2, 0) is 6.18 Å². The summed E-state index contributed by atoms with van der Waals surface area (Å²) in [6.45, 7) is 6.81. The maximum Gasteiger partial charge on any atom is 0.415 e. The number of benzene rings is 2. The van der Waals surface area contributed by atoms with Crippen LogP contribution in [0.2, 0.25) is 5.02 Å². The zero-order valence-electron chi connectivity index (χ0n) is 11.7. The van der Waals surface area contributed by atoms with Crippen LogP contribution in [0.15, 0.2) is 36.4 Å². The number of ketones is 1. The second-order valence-electron chi connectivity index (χ2n) is 4.51. The molecule has 0 saturated carbocycles. The molecular weight excluding hydrogens is 331 g/mol. The molecule has 0 unspecified atom stereocenters. The largest absolute Gasteiger partial charge is 0.496 e. The van der Waals surface area contributed by atoms with Crippen molar-refractivity contribution in [2.24, 2.45) is 0 Å². The average Bonchev–Trinajstić information content (AvgIpc) is 2.52. The summed E-state index contributed by atoms with van der Waals surface area (Å²) < 4.78 is 44.6. The maximum absolute atomic E-state index is 13.2. The lowest BCUT2D eigenvalue weighted by Gasteiger charge is -2.14. The molecule has 0 saturated heterocycles. The van der Waals surface area contributed by atoms with E-state index in [1.165, 1.54) is 25.3 Å². The molecule has 0 fully saturated rings. The molecule has 2 aromatic carbocycles. The van der Waals surface area contributed by atoms with Gasteiger partial charge in [0.15, 0.2) is 11.5 Å². The van der Waals surface area contributed by atoms with E-state index >= 15 is 0 Å². The Balaban J connectivity index is 2.65. The summed E-state index contributed by atoms with van der Waals surface area (Å²) in [5, 5.41) is 0.195. The molecule has 0 aliphatic rings. The van der Waals surface area contributed by atoms with Gasteiger partial charge in [0.2, 0.25) is 0 Å². The number of ether oxygens (including phenoxy) is 1. The molecule has 0 aliphatic heterocycles. The Hall–Kier alpha value is -2.52. The highest BCUT2D eigenvalue weighted by atomic mass is 35.5. The van der Waals surface area contributed by atoms with Crippen LogP contribution in [0.4, 0.5) is 18.9 Å². The lowest BCUT2D eigenvalue weighted by molar-refractivity contribution is -0.137. The second-order valence-corrected chi connectivity index (χ2v) is 4.95. The smallest absolute Gasteiger partial charge is 0.415 e. The number of methoxy groups -OCH3 is 1. The lowest BCUT2D eigenvalue weighted by Crippen LogP contribution is -2.14. The van der Waals surface area contributed by atoms with Gasteiger partial charge < -0.3 is 4.74 Å². The Bertz CT molecular complexity index is 810. The van der Waals surface area contributed by atoms with Gasteiger partial charge in [-0.15, -0.1) is 0 Å². The number of hydrogen-bond acceptors (Lipinski definition) is 2. The van der Waals surface area contributed by atoms with Crippen molar-refractivity contribution in [3.63, 3.8) is 0 Å². The van der Waals surface area contributed by atoms with Crippen LogP contribution in [0.5, 0.6) is 5.75 Å². The highest BCUT2D eigenvalue weighted by molar-refractivity contribution is 6.31. The molecule has 118 valence electrons. The van der Waals surface area contributed by atoms with Crippen molar-refractivity contribution in [1.82, 2.24) is 0 Å². The molecule has 23 heavy (non-hydrogen) atoms. The van der Waals surface area contributed by atoms with Crippen molar-refractivity contribution in [3.05, 3.63) is 69.5 Å². The van der Waals surface area contributed by atoms with E-state index in [4.69, 9.17) is 22.9 Å². The van der Waals surface area contributed by atoms with Gasteiger partial charge in [0.1, 0.15) is 5.75 Å². The molecular formula is C16H9ClF3NO2. The van der Waals surface area contributed by atoms with Gasteiger partial charge in [-0.1, -0.05) is 23.7 Å². The van der Waals surface area contributed by atoms with Crippen LogP contribution < -0.4 is 4.74 Å². The predicted octanol–water partition coefficient (Wildman–Crippen LogP) is 5.15. The number of hydrogen-bond donors (Lipinski definition) is 0. The van der Waals surface area contributed by atoms with E-state index < -0.39 is 23.1 Å². The topological polar surface area (TPSA) is 30.7 Å².